The van der Waals surface area contributed by atoms with Gasteiger partial charge in [-0.2, -0.15) is 0 Å². The van der Waals surface area contributed by atoms with E-state index in [-0.39, 0.29) is 108 Å². The summed E-state index contributed by atoms with van der Waals surface area (Å²) in [5, 5.41) is 45.6. The summed E-state index contributed by atoms with van der Waals surface area (Å²) in [5.74, 6) is -11.1. The zero-order valence-electron chi connectivity index (χ0n) is 42.4. The molecule has 0 rings (SSSR count). The second-order valence-electron chi connectivity index (χ2n) is 17.3. The Morgan fingerprint density at radius 1 is 0.387 bits per heavy atom. The van der Waals surface area contributed by atoms with E-state index in [2.05, 4.69) is 52.2 Å². The second-order valence-corrected chi connectivity index (χ2v) is 17.3. The molecule has 0 aliphatic heterocycles. The summed E-state index contributed by atoms with van der Waals surface area (Å²) in [5.41, 5.74) is 49.6. The summed E-state index contributed by atoms with van der Waals surface area (Å²) in [6.07, 6.45) is -0.291. The van der Waals surface area contributed by atoms with E-state index < -0.39 is 127 Å². The maximum atomic E-state index is 14.1. The minimum Gasteiger partial charge on any atom is -0.481 e. The minimum absolute atomic E-state index is 0.00767. The van der Waals surface area contributed by atoms with Gasteiger partial charge >= 0.3 is 17.9 Å². The van der Waals surface area contributed by atoms with Gasteiger partial charge in [0.25, 0.3) is 0 Å². The minimum atomic E-state index is -1.62. The lowest BCUT2D eigenvalue weighted by Crippen LogP contribution is -2.59. The van der Waals surface area contributed by atoms with Crippen molar-refractivity contribution in [2.75, 3.05) is 32.7 Å². The first-order chi connectivity index (χ1) is 35.3. The quantitative estimate of drug-likeness (QED) is 0.0154. The average molecular weight is 1070 g/mol. The molecule has 0 aromatic heterocycles. The zero-order valence-corrected chi connectivity index (χ0v) is 42.4. The van der Waals surface area contributed by atoms with Crippen molar-refractivity contribution in [3.8, 4) is 0 Å². The molecule has 7 amide bonds. The molecule has 0 aromatic carbocycles. The highest BCUT2D eigenvalue weighted by molar-refractivity contribution is 5.97. The van der Waals surface area contributed by atoms with E-state index in [1.807, 2.05) is 0 Å². The Kier molecular flexibility index (Phi) is 34.2. The van der Waals surface area contributed by atoms with E-state index in [1.165, 1.54) is 6.92 Å². The smallest absolute Gasteiger partial charge is 0.326 e. The number of unbranched alkanes of at least 4 members (excludes halogenated alkanes) is 2. The van der Waals surface area contributed by atoms with Crippen molar-refractivity contribution in [2.45, 2.75) is 158 Å². The van der Waals surface area contributed by atoms with Crippen LogP contribution in [-0.4, -0.2) is 174 Å². The number of carbonyl (C=O) groups excluding carboxylic acids is 7. The van der Waals surface area contributed by atoms with Gasteiger partial charge in [-0.1, -0.05) is 0 Å². The van der Waals surface area contributed by atoms with Gasteiger partial charge in [-0.05, 0) is 110 Å². The van der Waals surface area contributed by atoms with Crippen LogP contribution in [0.1, 0.15) is 110 Å². The van der Waals surface area contributed by atoms with E-state index in [9.17, 15) is 58.2 Å². The molecule has 32 nitrogen and oxygen atoms in total. The van der Waals surface area contributed by atoms with Crippen molar-refractivity contribution in [1.29, 1.82) is 0 Å². The molecule has 8 atom stereocenters. The van der Waals surface area contributed by atoms with Crippen molar-refractivity contribution >= 4 is 77.1 Å². The number of hydrogen-bond acceptors (Lipinski definition) is 16. The summed E-state index contributed by atoms with van der Waals surface area (Å²) in [6, 6.07) is -11.3. The van der Waals surface area contributed by atoms with Crippen molar-refractivity contribution in [1.82, 2.24) is 37.2 Å². The predicted octanol–water partition coefficient (Wildman–Crippen LogP) is -7.04. The highest BCUT2D eigenvalue weighted by Gasteiger charge is 2.34. The first-order valence-corrected chi connectivity index (χ1v) is 24.4. The lowest BCUT2D eigenvalue weighted by molar-refractivity contribution is -0.142. The molecule has 8 unspecified atom stereocenters. The molecule has 0 saturated heterocycles. The summed E-state index contributed by atoms with van der Waals surface area (Å²) in [4.78, 5) is 142. The summed E-state index contributed by atoms with van der Waals surface area (Å²) in [7, 11) is 0. The van der Waals surface area contributed by atoms with Crippen LogP contribution in [0.25, 0.3) is 0 Å². The number of amides is 7. The highest BCUT2D eigenvalue weighted by Crippen LogP contribution is 2.10. The maximum absolute atomic E-state index is 14.1. The van der Waals surface area contributed by atoms with Crippen LogP contribution in [0.3, 0.4) is 0 Å². The lowest BCUT2D eigenvalue weighted by atomic mass is 10.0. The van der Waals surface area contributed by atoms with Crippen molar-refractivity contribution in [3.63, 3.8) is 0 Å². The summed E-state index contributed by atoms with van der Waals surface area (Å²) < 4.78 is 0. The van der Waals surface area contributed by atoms with Gasteiger partial charge in [0.2, 0.25) is 41.4 Å². The Labute approximate surface area is 434 Å². The van der Waals surface area contributed by atoms with E-state index >= 15 is 0 Å². The lowest BCUT2D eigenvalue weighted by Gasteiger charge is -2.27. The highest BCUT2D eigenvalue weighted by atomic mass is 16.4. The molecule has 0 saturated carbocycles. The number of nitrogens with two attached hydrogens (primary N) is 9. The van der Waals surface area contributed by atoms with E-state index in [4.69, 9.17) is 56.7 Å². The van der Waals surface area contributed by atoms with Gasteiger partial charge in [0, 0.05) is 32.5 Å². The Bertz CT molecular complexity index is 1960. The van der Waals surface area contributed by atoms with Gasteiger partial charge in [0.1, 0.15) is 42.3 Å². The summed E-state index contributed by atoms with van der Waals surface area (Å²) in [6.45, 7) is 1.75. The molecular weight excluding hydrogens is 991 g/mol. The molecule has 426 valence electrons. The Hall–Kier alpha value is -7.61. The van der Waals surface area contributed by atoms with E-state index in [0.29, 0.717) is 25.7 Å². The third kappa shape index (κ3) is 31.6. The molecule has 0 fully saturated rings. The zero-order chi connectivity index (χ0) is 57.0. The number of carbonyl (C=O) groups is 10. The molecule has 0 radical (unpaired) electrons. The topological polar surface area (TPSA) is 587 Å². The first-order valence-electron chi connectivity index (χ1n) is 24.4. The standard InChI is InChI=1S/C43H81N19O13/c1-23(33(67)57-29(15-17-32(65)66)39(73)59-26(10-3-5-19-45)38(72)62-30(40(74)75)13-8-22-55-43(51)52)56-35(69)27(11-6-20-53-41(47)48)60-37(71)28(12-7-21-54-42(49)50)61-36(70)25(9-2-4-18-44)58-34(68)24(46)14-16-31(63)64/h23-30H,2-22,44-46H2,1H3,(H,56,69)(H,57,67)(H,58,68)(H,59,73)(H,60,71)(H,61,70)(H,62,72)(H,63,64)(H,65,66)(H,74,75)(H4,47,48,53)(H4,49,50,54)(H4,51,52,55). The van der Waals surface area contributed by atoms with Gasteiger partial charge in [-0.25, -0.2) is 4.79 Å². The largest absolute Gasteiger partial charge is 0.481 e. The van der Waals surface area contributed by atoms with Crippen LogP contribution in [-0.2, 0) is 47.9 Å². The number of aliphatic carboxylic acids is 3. The molecule has 0 bridgehead atoms. The molecule has 75 heavy (non-hydrogen) atoms. The van der Waals surface area contributed by atoms with Gasteiger partial charge < -0.3 is 104 Å². The first kappa shape index (κ1) is 67.4. The number of nitrogens with one attached hydrogen (secondary N) is 7. The van der Waals surface area contributed by atoms with E-state index in [1.54, 1.807) is 0 Å². The number of carboxylic acids is 3. The fourth-order valence-corrected chi connectivity index (χ4v) is 6.82. The number of guanidine groups is 3. The third-order valence-corrected chi connectivity index (χ3v) is 10.9. The van der Waals surface area contributed by atoms with Crippen LogP contribution in [0, 0.1) is 0 Å². The van der Waals surface area contributed by atoms with Crippen LogP contribution >= 0.6 is 0 Å². The molecule has 0 aliphatic carbocycles. The fourth-order valence-electron chi connectivity index (χ4n) is 6.82. The molecule has 0 aromatic rings. The molecule has 0 aliphatic rings. The SMILES string of the molecule is CC(NC(=O)C(CCCN=C(N)N)NC(=O)C(CCCN=C(N)N)NC(=O)C(CCCCN)NC(=O)C(N)CCC(=O)O)C(=O)NC(CCC(=O)O)C(=O)NC(CCCCN)C(=O)NC(CCCN=C(N)N)C(=O)O. The predicted molar refractivity (Wildman–Crippen MR) is 274 cm³/mol. The molecule has 32 heteroatoms. The average Bonchev–Trinajstić information content (AvgIpc) is 3.33. The van der Waals surface area contributed by atoms with Gasteiger partial charge in [-0.3, -0.25) is 58.1 Å². The van der Waals surface area contributed by atoms with E-state index in [0.717, 1.165) is 0 Å². The summed E-state index contributed by atoms with van der Waals surface area (Å²) >= 11 is 0. The Morgan fingerprint density at radius 2 is 0.680 bits per heavy atom. The number of nitrogens with zero attached hydrogens (tertiary/aromatic N) is 3. The number of carboxylic acid groups (broad SMARTS) is 3. The maximum Gasteiger partial charge on any atom is 0.326 e. The van der Waals surface area contributed by atoms with Gasteiger partial charge in [0.05, 0.1) is 6.04 Å². The Morgan fingerprint density at radius 3 is 1.03 bits per heavy atom. The molecule has 0 heterocycles. The molecule has 28 N–H and O–H groups in total. The van der Waals surface area contributed by atoms with Crippen molar-refractivity contribution in [2.24, 2.45) is 66.6 Å². The number of hydrogen-bond donors (Lipinski definition) is 19. The van der Waals surface area contributed by atoms with Gasteiger partial charge in [0.15, 0.2) is 17.9 Å². The van der Waals surface area contributed by atoms with Crippen LogP contribution < -0.4 is 88.8 Å². The van der Waals surface area contributed by atoms with Crippen molar-refractivity contribution < 1.29 is 63.3 Å². The number of aliphatic imine (C=N–C) groups is 3. The second kappa shape index (κ2) is 38.0. The number of rotatable bonds is 41. The molecular formula is C43H81N19O13. The fraction of sp³-hybridized carbons (Fsp3) is 0.698. The third-order valence-electron chi connectivity index (χ3n) is 10.9. The van der Waals surface area contributed by atoms with Crippen molar-refractivity contribution in [3.05, 3.63) is 0 Å². The monoisotopic (exact) mass is 1070 g/mol. The molecule has 0 spiro atoms. The van der Waals surface area contributed by atoms with Crippen LogP contribution in [0.2, 0.25) is 0 Å². The normalized spacial score (nSPS) is 14.0. The van der Waals surface area contributed by atoms with Crippen LogP contribution in [0.5, 0.6) is 0 Å². The van der Waals surface area contributed by atoms with Crippen LogP contribution in [0.4, 0.5) is 0 Å². The Balaban J connectivity index is 6.67. The van der Waals surface area contributed by atoms with Crippen LogP contribution in [0.15, 0.2) is 15.0 Å². The van der Waals surface area contributed by atoms with Gasteiger partial charge in [-0.15, -0.1) is 0 Å².